The lowest BCUT2D eigenvalue weighted by molar-refractivity contribution is -0.141. The molecule has 0 radical (unpaired) electrons. The van der Waals surface area contributed by atoms with Gasteiger partial charge in [0, 0.05) is 58.3 Å². The Bertz CT molecular complexity index is 1150. The molecule has 0 bridgehead atoms. The molecule has 39 heavy (non-hydrogen) atoms. The van der Waals surface area contributed by atoms with Gasteiger partial charge >= 0.3 is 0 Å². The van der Waals surface area contributed by atoms with Crippen molar-refractivity contribution in [3.8, 4) is 0 Å². The van der Waals surface area contributed by atoms with Gasteiger partial charge in [0.1, 0.15) is 0 Å². The van der Waals surface area contributed by atoms with Crippen LogP contribution in [0.4, 0.5) is 0 Å². The van der Waals surface area contributed by atoms with Crippen LogP contribution in [0.15, 0.2) is 79.0 Å². The molecule has 0 spiro atoms. The van der Waals surface area contributed by atoms with Crippen LogP contribution in [-0.4, -0.2) is 97.3 Å². The topological polar surface area (TPSA) is 67.2 Å². The molecule has 2 heterocycles. The van der Waals surface area contributed by atoms with Crippen LogP contribution in [0.5, 0.6) is 0 Å². The molecule has 3 aromatic rings. The lowest BCUT2D eigenvalue weighted by atomic mass is 10.1. The summed E-state index contributed by atoms with van der Waals surface area (Å²) in [5.74, 6) is -0.121. The number of morpholine rings is 1. The number of rotatable bonds is 14. The van der Waals surface area contributed by atoms with Gasteiger partial charge in [-0.1, -0.05) is 60.7 Å². The van der Waals surface area contributed by atoms with E-state index >= 15 is 0 Å². The highest BCUT2D eigenvalue weighted by atomic mass is 16.5. The Balaban J connectivity index is 1.45. The van der Waals surface area contributed by atoms with Crippen molar-refractivity contribution in [2.75, 3.05) is 66.2 Å². The fourth-order valence-electron chi connectivity index (χ4n) is 4.74. The summed E-state index contributed by atoms with van der Waals surface area (Å²) >= 11 is 0. The van der Waals surface area contributed by atoms with E-state index in [1.54, 1.807) is 16.9 Å². The van der Waals surface area contributed by atoms with E-state index in [0.717, 1.165) is 37.4 Å². The summed E-state index contributed by atoms with van der Waals surface area (Å²) in [5, 5.41) is 0. The van der Waals surface area contributed by atoms with Crippen LogP contribution in [0.1, 0.15) is 16.8 Å². The normalized spacial score (nSPS) is 13.8. The number of hydrogen-bond donors (Lipinski definition) is 0. The van der Waals surface area contributed by atoms with Crippen molar-refractivity contribution in [2.24, 2.45) is 0 Å². The van der Waals surface area contributed by atoms with E-state index in [1.165, 1.54) is 5.56 Å². The van der Waals surface area contributed by atoms with Crippen molar-refractivity contribution in [1.82, 2.24) is 19.3 Å². The number of nitrogens with zero attached hydrogens (tertiary/aromatic N) is 4. The highest BCUT2D eigenvalue weighted by Crippen LogP contribution is 2.12. The number of aromatic nitrogens is 1. The maximum Gasteiger partial charge on any atom is 0.242 e. The molecule has 1 aromatic heterocycles. The van der Waals surface area contributed by atoms with Crippen molar-refractivity contribution < 1.29 is 19.1 Å². The molecule has 0 atom stereocenters. The minimum atomic E-state index is -0.0806. The van der Waals surface area contributed by atoms with E-state index in [-0.39, 0.29) is 24.8 Å². The fraction of sp³-hybridized carbons (Fsp3) is 0.419. The van der Waals surface area contributed by atoms with Crippen molar-refractivity contribution in [3.63, 3.8) is 0 Å². The zero-order valence-electron chi connectivity index (χ0n) is 22.9. The van der Waals surface area contributed by atoms with Gasteiger partial charge in [-0.25, -0.2) is 0 Å². The number of amides is 2. The third-order valence-corrected chi connectivity index (χ3v) is 7.06. The molecule has 8 nitrogen and oxygen atoms in total. The second-order valence-corrected chi connectivity index (χ2v) is 9.85. The second kappa shape index (κ2) is 15.2. The van der Waals surface area contributed by atoms with Gasteiger partial charge in [0.05, 0.1) is 39.3 Å². The summed E-state index contributed by atoms with van der Waals surface area (Å²) in [5.41, 5.74) is 3.19. The summed E-state index contributed by atoms with van der Waals surface area (Å²) in [6.45, 7) is 6.40. The molecule has 2 amide bonds. The minimum Gasteiger partial charge on any atom is -0.383 e. The van der Waals surface area contributed by atoms with E-state index < -0.39 is 0 Å². The summed E-state index contributed by atoms with van der Waals surface area (Å²) in [6.07, 6.45) is 2.31. The van der Waals surface area contributed by atoms with E-state index in [0.29, 0.717) is 39.5 Å². The molecule has 208 valence electrons. The first-order chi connectivity index (χ1) is 19.1. The average Bonchev–Trinajstić information content (AvgIpc) is 3.40. The zero-order chi connectivity index (χ0) is 27.3. The van der Waals surface area contributed by atoms with Crippen molar-refractivity contribution in [3.05, 3.63) is 95.8 Å². The average molecular weight is 533 g/mol. The highest BCUT2D eigenvalue weighted by molar-refractivity contribution is 5.86. The third-order valence-electron chi connectivity index (χ3n) is 7.06. The number of carbonyl (C=O) groups excluding carboxylic acids is 2. The van der Waals surface area contributed by atoms with Crippen LogP contribution in [0, 0.1) is 0 Å². The van der Waals surface area contributed by atoms with Crippen molar-refractivity contribution in [2.45, 2.75) is 19.5 Å². The zero-order valence-corrected chi connectivity index (χ0v) is 22.9. The predicted octanol–water partition coefficient (Wildman–Crippen LogP) is 2.91. The smallest absolute Gasteiger partial charge is 0.242 e. The van der Waals surface area contributed by atoms with Gasteiger partial charge in [0.2, 0.25) is 11.8 Å². The Morgan fingerprint density at radius 3 is 2.23 bits per heavy atom. The van der Waals surface area contributed by atoms with Crippen LogP contribution >= 0.6 is 0 Å². The fourth-order valence-corrected chi connectivity index (χ4v) is 4.74. The Morgan fingerprint density at radius 1 is 0.846 bits per heavy atom. The van der Waals surface area contributed by atoms with E-state index in [2.05, 4.69) is 21.6 Å². The SMILES string of the molecule is COCCN(Cc1cccn1Cc1ccccc1)C(=O)CN(CCN1CCOCC1)C(=O)Cc1ccccc1. The standard InChI is InChI=1S/C31H40N4O4/c1-38-20-19-35(25-29-13-8-14-33(29)24-28-11-6-3-7-12-28)31(37)26-34(16-15-32-17-21-39-22-18-32)30(36)23-27-9-4-2-5-10-27/h2-14H,15-26H2,1H3. The molecule has 2 aromatic carbocycles. The first-order valence-corrected chi connectivity index (χ1v) is 13.7. The molecule has 1 fully saturated rings. The van der Waals surface area contributed by atoms with Gasteiger partial charge in [0.15, 0.2) is 0 Å². The maximum atomic E-state index is 13.7. The van der Waals surface area contributed by atoms with E-state index in [1.807, 2.05) is 66.9 Å². The number of methoxy groups -OCH3 is 1. The Labute approximate surface area is 231 Å². The molecule has 4 rings (SSSR count). The number of benzene rings is 2. The molecular weight excluding hydrogens is 492 g/mol. The quantitative estimate of drug-likeness (QED) is 0.320. The molecule has 0 N–H and O–H groups in total. The molecule has 0 aliphatic carbocycles. The molecule has 8 heteroatoms. The largest absolute Gasteiger partial charge is 0.383 e. The third kappa shape index (κ3) is 9.06. The van der Waals surface area contributed by atoms with Crippen molar-refractivity contribution >= 4 is 11.8 Å². The molecule has 1 aliphatic rings. The molecule has 1 saturated heterocycles. The van der Waals surface area contributed by atoms with Gasteiger partial charge in [-0.3, -0.25) is 14.5 Å². The summed E-state index contributed by atoms with van der Waals surface area (Å²) in [7, 11) is 1.64. The van der Waals surface area contributed by atoms with E-state index in [4.69, 9.17) is 9.47 Å². The van der Waals surface area contributed by atoms with Gasteiger partial charge in [-0.15, -0.1) is 0 Å². The van der Waals surface area contributed by atoms with Crippen molar-refractivity contribution in [1.29, 1.82) is 0 Å². The Morgan fingerprint density at radius 2 is 1.54 bits per heavy atom. The molecule has 1 aliphatic heterocycles. The van der Waals surface area contributed by atoms with Crippen LogP contribution in [-0.2, 0) is 38.6 Å². The van der Waals surface area contributed by atoms with Crippen LogP contribution in [0.2, 0.25) is 0 Å². The number of hydrogen-bond acceptors (Lipinski definition) is 5. The number of carbonyl (C=O) groups is 2. The summed E-state index contributed by atoms with van der Waals surface area (Å²) in [4.78, 5) is 32.9. The first kappa shape index (κ1) is 28.5. The lowest BCUT2D eigenvalue weighted by Gasteiger charge is -2.31. The second-order valence-electron chi connectivity index (χ2n) is 9.85. The summed E-state index contributed by atoms with van der Waals surface area (Å²) in [6, 6.07) is 24.0. The van der Waals surface area contributed by atoms with E-state index in [9.17, 15) is 9.59 Å². The lowest BCUT2D eigenvalue weighted by Crippen LogP contribution is -2.48. The first-order valence-electron chi connectivity index (χ1n) is 13.7. The minimum absolute atomic E-state index is 0.0399. The van der Waals surface area contributed by atoms with Gasteiger partial charge in [-0.2, -0.15) is 0 Å². The molecule has 0 saturated carbocycles. The van der Waals surface area contributed by atoms with Gasteiger partial charge in [-0.05, 0) is 23.3 Å². The van der Waals surface area contributed by atoms with Gasteiger partial charge in [0.25, 0.3) is 0 Å². The highest BCUT2D eigenvalue weighted by Gasteiger charge is 2.23. The summed E-state index contributed by atoms with van der Waals surface area (Å²) < 4.78 is 13.0. The monoisotopic (exact) mass is 532 g/mol. The Hall–Kier alpha value is -3.46. The molecule has 0 unspecified atom stereocenters. The van der Waals surface area contributed by atoms with Crippen LogP contribution in [0.3, 0.4) is 0 Å². The predicted molar refractivity (Wildman–Crippen MR) is 151 cm³/mol. The maximum absolute atomic E-state index is 13.7. The Kier molecular flexibility index (Phi) is 11.1. The van der Waals surface area contributed by atoms with Gasteiger partial charge < -0.3 is 23.8 Å². The number of ether oxygens (including phenoxy) is 2. The molecular formula is C31H40N4O4. The van der Waals surface area contributed by atoms with Crippen LogP contribution < -0.4 is 0 Å². The van der Waals surface area contributed by atoms with Crippen LogP contribution in [0.25, 0.3) is 0 Å².